The Kier molecular flexibility index (Phi) is 5.41. The largest absolute Gasteiger partial charge is 0.381 e. The minimum Gasteiger partial charge on any atom is -0.381 e. The summed E-state index contributed by atoms with van der Waals surface area (Å²) in [5.74, 6) is 0.369. The Balaban J connectivity index is 1.62. The third-order valence-corrected chi connectivity index (χ3v) is 3.94. The summed E-state index contributed by atoms with van der Waals surface area (Å²) in [6.45, 7) is 3.47. The Morgan fingerprint density at radius 2 is 2.28 bits per heavy atom. The van der Waals surface area contributed by atoms with Crippen LogP contribution >= 0.6 is 11.8 Å². The fraction of sp³-hybridized carbons (Fsp3) is 0.538. The van der Waals surface area contributed by atoms with Crippen molar-refractivity contribution in [1.29, 1.82) is 0 Å². The van der Waals surface area contributed by atoms with Crippen molar-refractivity contribution in [3.05, 3.63) is 29.8 Å². The zero-order valence-corrected chi connectivity index (χ0v) is 10.9. The number of benzene rings is 1. The van der Waals surface area contributed by atoms with Crippen LogP contribution in [0.1, 0.15) is 6.42 Å². The monoisotopic (exact) mass is 273 g/mol. The predicted octanol–water partition coefficient (Wildman–Crippen LogP) is 2.68. The molecule has 0 amide bonds. The van der Waals surface area contributed by atoms with Crippen molar-refractivity contribution in [1.82, 2.24) is 5.32 Å². The summed E-state index contributed by atoms with van der Waals surface area (Å²) in [6, 6.07) is 3.69. The van der Waals surface area contributed by atoms with Gasteiger partial charge < -0.3 is 10.1 Å². The van der Waals surface area contributed by atoms with E-state index in [0.717, 1.165) is 44.5 Å². The maximum atomic E-state index is 13.3. The van der Waals surface area contributed by atoms with E-state index in [1.165, 1.54) is 23.9 Å². The van der Waals surface area contributed by atoms with Crippen LogP contribution in [-0.2, 0) is 4.74 Å². The molecule has 1 heterocycles. The SMILES string of the molecule is Fc1ccc(SCCNCC2CCOC2)c(F)c1. The smallest absolute Gasteiger partial charge is 0.139 e. The Morgan fingerprint density at radius 3 is 3.00 bits per heavy atom. The van der Waals surface area contributed by atoms with Crippen molar-refractivity contribution in [3.63, 3.8) is 0 Å². The lowest BCUT2D eigenvalue weighted by Crippen LogP contribution is -2.25. The molecular weight excluding hydrogens is 256 g/mol. The van der Waals surface area contributed by atoms with E-state index in [9.17, 15) is 8.78 Å². The molecule has 1 fully saturated rings. The van der Waals surface area contributed by atoms with Crippen LogP contribution < -0.4 is 5.32 Å². The third-order valence-electron chi connectivity index (χ3n) is 2.89. The molecule has 100 valence electrons. The summed E-state index contributed by atoms with van der Waals surface area (Å²) >= 11 is 1.40. The first kappa shape index (κ1) is 13.8. The molecule has 0 saturated carbocycles. The van der Waals surface area contributed by atoms with Gasteiger partial charge in [-0.05, 0) is 24.5 Å². The van der Waals surface area contributed by atoms with Gasteiger partial charge in [-0.3, -0.25) is 0 Å². The summed E-state index contributed by atoms with van der Waals surface area (Å²) in [5, 5.41) is 3.33. The molecule has 0 radical (unpaired) electrons. The molecule has 1 aromatic rings. The summed E-state index contributed by atoms with van der Waals surface area (Å²) in [5.41, 5.74) is 0. The summed E-state index contributed by atoms with van der Waals surface area (Å²) < 4.78 is 31.3. The van der Waals surface area contributed by atoms with Crippen LogP contribution in [0, 0.1) is 17.6 Å². The van der Waals surface area contributed by atoms with Gasteiger partial charge in [-0.2, -0.15) is 0 Å². The van der Waals surface area contributed by atoms with Crippen LogP contribution in [0.4, 0.5) is 8.78 Å². The van der Waals surface area contributed by atoms with Crippen LogP contribution in [0.15, 0.2) is 23.1 Å². The molecule has 1 aliphatic rings. The van der Waals surface area contributed by atoms with E-state index in [1.54, 1.807) is 0 Å². The molecule has 1 aromatic carbocycles. The highest BCUT2D eigenvalue weighted by atomic mass is 32.2. The lowest BCUT2D eigenvalue weighted by atomic mass is 10.1. The number of hydrogen-bond donors (Lipinski definition) is 1. The van der Waals surface area contributed by atoms with Gasteiger partial charge in [0.1, 0.15) is 11.6 Å². The number of rotatable bonds is 6. The van der Waals surface area contributed by atoms with Gasteiger partial charge >= 0.3 is 0 Å². The highest BCUT2D eigenvalue weighted by Gasteiger charge is 2.14. The first-order valence-electron chi connectivity index (χ1n) is 6.12. The number of halogens is 2. The Morgan fingerprint density at radius 1 is 1.39 bits per heavy atom. The maximum Gasteiger partial charge on any atom is 0.139 e. The van der Waals surface area contributed by atoms with E-state index in [4.69, 9.17) is 4.74 Å². The second-order valence-electron chi connectivity index (χ2n) is 4.36. The summed E-state index contributed by atoms with van der Waals surface area (Å²) in [6.07, 6.45) is 1.12. The first-order valence-corrected chi connectivity index (χ1v) is 7.10. The molecule has 0 bridgehead atoms. The first-order chi connectivity index (χ1) is 8.75. The molecule has 0 spiro atoms. The average Bonchev–Trinajstić information content (AvgIpc) is 2.84. The van der Waals surface area contributed by atoms with Crippen LogP contribution in [0.2, 0.25) is 0 Å². The molecule has 1 N–H and O–H groups in total. The standard InChI is InChI=1S/C13H17F2NOS/c14-11-1-2-13(12(15)7-11)18-6-4-16-8-10-3-5-17-9-10/h1-2,7,10,16H,3-6,8-9H2. The Hall–Kier alpha value is -0.650. The lowest BCUT2D eigenvalue weighted by Gasteiger charge is -2.09. The van der Waals surface area contributed by atoms with Gasteiger partial charge in [0, 0.05) is 36.4 Å². The zero-order valence-electron chi connectivity index (χ0n) is 10.1. The van der Waals surface area contributed by atoms with Crippen molar-refractivity contribution in [2.24, 2.45) is 5.92 Å². The summed E-state index contributed by atoms with van der Waals surface area (Å²) in [4.78, 5) is 0.502. The number of nitrogens with one attached hydrogen (secondary N) is 1. The zero-order chi connectivity index (χ0) is 12.8. The van der Waals surface area contributed by atoms with Gasteiger partial charge in [-0.25, -0.2) is 8.78 Å². The van der Waals surface area contributed by atoms with Crippen molar-refractivity contribution >= 4 is 11.8 Å². The molecule has 1 unspecified atom stereocenters. The van der Waals surface area contributed by atoms with E-state index in [0.29, 0.717) is 10.8 Å². The highest BCUT2D eigenvalue weighted by molar-refractivity contribution is 7.99. The number of thioether (sulfide) groups is 1. The molecule has 0 aromatic heterocycles. The second-order valence-corrected chi connectivity index (χ2v) is 5.49. The molecule has 0 aliphatic carbocycles. The molecule has 18 heavy (non-hydrogen) atoms. The molecule has 1 aliphatic heterocycles. The average molecular weight is 273 g/mol. The minimum absolute atomic E-state index is 0.482. The van der Waals surface area contributed by atoms with Crippen molar-refractivity contribution < 1.29 is 13.5 Å². The van der Waals surface area contributed by atoms with E-state index < -0.39 is 11.6 Å². The quantitative estimate of drug-likeness (QED) is 0.636. The van der Waals surface area contributed by atoms with E-state index in [2.05, 4.69) is 5.32 Å². The van der Waals surface area contributed by atoms with Crippen LogP contribution in [0.25, 0.3) is 0 Å². The maximum absolute atomic E-state index is 13.3. The second kappa shape index (κ2) is 7.07. The van der Waals surface area contributed by atoms with Crippen molar-refractivity contribution in [2.45, 2.75) is 11.3 Å². The van der Waals surface area contributed by atoms with E-state index >= 15 is 0 Å². The number of hydrogen-bond acceptors (Lipinski definition) is 3. The van der Waals surface area contributed by atoms with E-state index in [1.807, 2.05) is 0 Å². The lowest BCUT2D eigenvalue weighted by molar-refractivity contribution is 0.185. The Bertz CT molecular complexity index is 383. The fourth-order valence-corrected chi connectivity index (χ4v) is 2.70. The fourth-order valence-electron chi connectivity index (χ4n) is 1.88. The van der Waals surface area contributed by atoms with Crippen molar-refractivity contribution in [3.8, 4) is 0 Å². The van der Waals surface area contributed by atoms with Crippen molar-refractivity contribution in [2.75, 3.05) is 32.1 Å². The molecule has 1 atom stereocenters. The van der Waals surface area contributed by atoms with E-state index in [-0.39, 0.29) is 0 Å². The highest BCUT2D eigenvalue weighted by Crippen LogP contribution is 2.21. The molecular formula is C13H17F2NOS. The van der Waals surface area contributed by atoms with Gasteiger partial charge in [0.2, 0.25) is 0 Å². The topological polar surface area (TPSA) is 21.3 Å². The molecule has 1 saturated heterocycles. The number of ether oxygens (including phenoxy) is 1. The van der Waals surface area contributed by atoms with Gasteiger partial charge in [0.15, 0.2) is 0 Å². The molecule has 2 nitrogen and oxygen atoms in total. The van der Waals surface area contributed by atoms with Crippen LogP contribution in [-0.4, -0.2) is 32.1 Å². The van der Waals surface area contributed by atoms with Crippen LogP contribution in [0.3, 0.4) is 0 Å². The Labute approximate surface area is 110 Å². The van der Waals surface area contributed by atoms with Gasteiger partial charge in [-0.1, -0.05) is 0 Å². The third kappa shape index (κ3) is 4.23. The van der Waals surface area contributed by atoms with Gasteiger partial charge in [0.25, 0.3) is 0 Å². The van der Waals surface area contributed by atoms with Gasteiger partial charge in [0.05, 0.1) is 6.61 Å². The molecule has 5 heteroatoms. The minimum atomic E-state index is -0.531. The molecule has 2 rings (SSSR count). The van der Waals surface area contributed by atoms with Crippen LogP contribution in [0.5, 0.6) is 0 Å². The van der Waals surface area contributed by atoms with Gasteiger partial charge in [-0.15, -0.1) is 11.8 Å². The predicted molar refractivity (Wildman–Crippen MR) is 68.9 cm³/mol. The normalized spacial score (nSPS) is 19.3. The summed E-state index contributed by atoms with van der Waals surface area (Å²) in [7, 11) is 0.